The molecule has 1 rings (SSSR count). The van der Waals surface area contributed by atoms with Crippen molar-refractivity contribution in [1.29, 1.82) is 0 Å². The van der Waals surface area contributed by atoms with Crippen molar-refractivity contribution in [2.75, 3.05) is 6.61 Å². The Hall–Kier alpha value is -1.31. The molecule has 0 bridgehead atoms. The predicted molar refractivity (Wildman–Crippen MR) is 46.9 cm³/mol. The minimum Gasteiger partial charge on any atom is -0.462 e. The first-order valence-electron chi connectivity index (χ1n) is 3.83. The number of carbonyl (C=O) groups is 1. The van der Waals surface area contributed by atoms with Crippen molar-refractivity contribution in [3.05, 3.63) is 42.3 Å². The highest BCUT2D eigenvalue weighted by molar-refractivity contribution is 5.89. The van der Waals surface area contributed by atoms with Gasteiger partial charge in [-0.1, -0.05) is 12.1 Å². The SMILES string of the molecule is [CH2]c1ccc(C(=O)OCC)cc1. The van der Waals surface area contributed by atoms with Gasteiger partial charge in [-0.2, -0.15) is 0 Å². The Labute approximate surface area is 72.2 Å². The summed E-state index contributed by atoms with van der Waals surface area (Å²) in [6.07, 6.45) is 0. The number of rotatable bonds is 2. The van der Waals surface area contributed by atoms with Crippen LogP contribution in [0.15, 0.2) is 24.3 Å². The Balaban J connectivity index is 2.75. The van der Waals surface area contributed by atoms with E-state index in [0.717, 1.165) is 5.56 Å². The molecular formula is C10H11O2. The Kier molecular flexibility index (Phi) is 2.86. The van der Waals surface area contributed by atoms with Crippen LogP contribution >= 0.6 is 0 Å². The van der Waals surface area contributed by atoms with Gasteiger partial charge in [-0.05, 0) is 31.5 Å². The first kappa shape index (κ1) is 8.78. The molecule has 1 radical (unpaired) electrons. The average Bonchev–Trinajstić information content (AvgIpc) is 2.06. The number of hydrogen-bond acceptors (Lipinski definition) is 2. The first-order valence-corrected chi connectivity index (χ1v) is 3.83. The maximum absolute atomic E-state index is 11.1. The lowest BCUT2D eigenvalue weighted by molar-refractivity contribution is 0.0526. The molecular weight excluding hydrogens is 152 g/mol. The molecule has 0 aliphatic rings. The van der Waals surface area contributed by atoms with Crippen LogP contribution in [-0.4, -0.2) is 12.6 Å². The van der Waals surface area contributed by atoms with Crippen LogP contribution in [0.5, 0.6) is 0 Å². The Morgan fingerprint density at radius 3 is 2.50 bits per heavy atom. The minimum atomic E-state index is -0.280. The van der Waals surface area contributed by atoms with Gasteiger partial charge < -0.3 is 4.74 Å². The van der Waals surface area contributed by atoms with Gasteiger partial charge in [0.1, 0.15) is 0 Å². The molecule has 2 heteroatoms. The molecule has 0 aromatic heterocycles. The van der Waals surface area contributed by atoms with Gasteiger partial charge in [0, 0.05) is 0 Å². The maximum Gasteiger partial charge on any atom is 0.338 e. The number of carbonyl (C=O) groups excluding carboxylic acids is 1. The Morgan fingerprint density at radius 1 is 1.42 bits per heavy atom. The average molecular weight is 163 g/mol. The van der Waals surface area contributed by atoms with Gasteiger partial charge in [-0.15, -0.1) is 0 Å². The highest BCUT2D eigenvalue weighted by Gasteiger charge is 2.03. The fourth-order valence-corrected chi connectivity index (χ4v) is 0.855. The molecule has 1 aromatic rings. The zero-order valence-corrected chi connectivity index (χ0v) is 7.04. The van der Waals surface area contributed by atoms with Crippen molar-refractivity contribution in [1.82, 2.24) is 0 Å². The largest absolute Gasteiger partial charge is 0.462 e. The van der Waals surface area contributed by atoms with Crippen molar-refractivity contribution in [2.24, 2.45) is 0 Å². The van der Waals surface area contributed by atoms with Gasteiger partial charge in [-0.25, -0.2) is 4.79 Å². The molecule has 0 unspecified atom stereocenters. The molecule has 0 amide bonds. The molecule has 0 aliphatic heterocycles. The standard InChI is InChI=1S/C10H11O2/c1-3-12-10(11)9-6-4-8(2)5-7-9/h4-7H,2-3H2,1H3. The molecule has 0 saturated carbocycles. The summed E-state index contributed by atoms with van der Waals surface area (Å²) in [7, 11) is 0. The third-order valence-corrected chi connectivity index (χ3v) is 1.47. The Bertz CT molecular complexity index is 262. The molecule has 0 fully saturated rings. The maximum atomic E-state index is 11.1. The summed E-state index contributed by atoms with van der Waals surface area (Å²) in [6.45, 7) is 5.91. The molecule has 0 N–H and O–H groups in total. The monoisotopic (exact) mass is 163 g/mol. The summed E-state index contributed by atoms with van der Waals surface area (Å²) in [5.41, 5.74) is 1.47. The lowest BCUT2D eigenvalue weighted by Gasteiger charge is -2.00. The van der Waals surface area contributed by atoms with E-state index in [1.165, 1.54) is 0 Å². The van der Waals surface area contributed by atoms with Crippen LogP contribution < -0.4 is 0 Å². The lowest BCUT2D eigenvalue weighted by atomic mass is 10.1. The van der Waals surface area contributed by atoms with Crippen LogP contribution in [-0.2, 0) is 4.74 Å². The second kappa shape index (κ2) is 3.90. The Morgan fingerprint density at radius 2 is 2.00 bits per heavy atom. The number of esters is 1. The number of ether oxygens (including phenoxy) is 1. The molecule has 1 aromatic carbocycles. The van der Waals surface area contributed by atoms with Crippen molar-refractivity contribution in [3.8, 4) is 0 Å². The van der Waals surface area contributed by atoms with Crippen LogP contribution in [0.25, 0.3) is 0 Å². The predicted octanol–water partition coefficient (Wildman–Crippen LogP) is 2.05. The van der Waals surface area contributed by atoms with Crippen LogP contribution in [0.4, 0.5) is 0 Å². The molecule has 0 saturated heterocycles. The van der Waals surface area contributed by atoms with Gasteiger partial charge in [0.15, 0.2) is 0 Å². The van der Waals surface area contributed by atoms with Gasteiger partial charge in [-0.3, -0.25) is 0 Å². The zero-order valence-electron chi connectivity index (χ0n) is 7.04. The van der Waals surface area contributed by atoms with Gasteiger partial charge >= 0.3 is 5.97 Å². The second-order valence-electron chi connectivity index (χ2n) is 2.42. The van der Waals surface area contributed by atoms with Crippen LogP contribution in [0.1, 0.15) is 22.8 Å². The van der Waals surface area contributed by atoms with Crippen molar-refractivity contribution in [3.63, 3.8) is 0 Å². The van der Waals surface area contributed by atoms with Crippen LogP contribution in [0.2, 0.25) is 0 Å². The van der Waals surface area contributed by atoms with Gasteiger partial charge in [0.25, 0.3) is 0 Å². The molecule has 63 valence electrons. The fourth-order valence-electron chi connectivity index (χ4n) is 0.855. The highest BCUT2D eigenvalue weighted by Crippen LogP contribution is 2.04. The highest BCUT2D eigenvalue weighted by atomic mass is 16.5. The summed E-state index contributed by atoms with van der Waals surface area (Å²) in [5.74, 6) is -0.280. The summed E-state index contributed by atoms with van der Waals surface area (Å²) < 4.78 is 4.81. The van der Waals surface area contributed by atoms with Crippen LogP contribution in [0, 0.1) is 6.92 Å². The van der Waals surface area contributed by atoms with E-state index in [1.807, 2.05) is 0 Å². The first-order chi connectivity index (χ1) is 5.74. The van der Waals surface area contributed by atoms with E-state index >= 15 is 0 Å². The van der Waals surface area contributed by atoms with E-state index in [-0.39, 0.29) is 5.97 Å². The number of benzene rings is 1. The second-order valence-corrected chi connectivity index (χ2v) is 2.42. The van der Waals surface area contributed by atoms with E-state index in [2.05, 4.69) is 6.92 Å². The van der Waals surface area contributed by atoms with E-state index < -0.39 is 0 Å². The summed E-state index contributed by atoms with van der Waals surface area (Å²) in [5, 5.41) is 0. The summed E-state index contributed by atoms with van der Waals surface area (Å²) >= 11 is 0. The smallest absolute Gasteiger partial charge is 0.338 e. The quantitative estimate of drug-likeness (QED) is 0.624. The van der Waals surface area contributed by atoms with E-state index in [0.29, 0.717) is 12.2 Å². The lowest BCUT2D eigenvalue weighted by Crippen LogP contribution is -2.03. The third kappa shape index (κ3) is 2.09. The van der Waals surface area contributed by atoms with Crippen molar-refractivity contribution >= 4 is 5.97 Å². The van der Waals surface area contributed by atoms with E-state index in [1.54, 1.807) is 31.2 Å². The molecule has 12 heavy (non-hydrogen) atoms. The van der Waals surface area contributed by atoms with Gasteiger partial charge in [0.2, 0.25) is 0 Å². The number of hydrogen-bond donors (Lipinski definition) is 0. The van der Waals surface area contributed by atoms with Crippen molar-refractivity contribution in [2.45, 2.75) is 6.92 Å². The zero-order chi connectivity index (χ0) is 8.97. The molecule has 2 nitrogen and oxygen atoms in total. The minimum absolute atomic E-state index is 0.280. The summed E-state index contributed by atoms with van der Waals surface area (Å²) in [6, 6.07) is 6.99. The topological polar surface area (TPSA) is 26.3 Å². The third-order valence-electron chi connectivity index (χ3n) is 1.47. The molecule has 0 spiro atoms. The summed E-state index contributed by atoms with van der Waals surface area (Å²) in [4.78, 5) is 11.1. The van der Waals surface area contributed by atoms with E-state index in [4.69, 9.17) is 4.74 Å². The van der Waals surface area contributed by atoms with E-state index in [9.17, 15) is 4.79 Å². The normalized spacial score (nSPS) is 9.50. The van der Waals surface area contributed by atoms with Crippen molar-refractivity contribution < 1.29 is 9.53 Å². The van der Waals surface area contributed by atoms with Crippen LogP contribution in [0.3, 0.4) is 0 Å². The fraction of sp³-hybridized carbons (Fsp3) is 0.200. The molecule has 0 atom stereocenters. The molecule has 0 aliphatic carbocycles. The van der Waals surface area contributed by atoms with Gasteiger partial charge in [0.05, 0.1) is 12.2 Å². The molecule has 0 heterocycles.